The number of hydrogen-bond donors (Lipinski definition) is 3. The number of aromatic nitrogens is 2. The molecule has 2 amide bonds. The topological polar surface area (TPSA) is 147 Å². The van der Waals surface area contributed by atoms with E-state index in [9.17, 15) is 18.6 Å². The summed E-state index contributed by atoms with van der Waals surface area (Å²) in [5, 5.41) is 4.23. The molecule has 0 radical (unpaired) electrons. The summed E-state index contributed by atoms with van der Waals surface area (Å²) in [4.78, 5) is 48.8. The lowest BCUT2D eigenvalue weighted by Crippen LogP contribution is -2.58. The van der Waals surface area contributed by atoms with Crippen LogP contribution in [0.4, 0.5) is 0 Å². The predicted molar refractivity (Wildman–Crippen MR) is 148 cm³/mol. The van der Waals surface area contributed by atoms with Crippen molar-refractivity contribution >= 4 is 46.0 Å². The van der Waals surface area contributed by atoms with Crippen LogP contribution < -0.4 is 16.0 Å². The maximum atomic E-state index is 14.2. The average Bonchev–Trinajstić information content (AvgIpc) is 3.33. The monoisotopic (exact) mass is 607 g/mol. The number of benzene rings is 2. The van der Waals surface area contributed by atoms with Gasteiger partial charge in [0.1, 0.15) is 6.61 Å². The summed E-state index contributed by atoms with van der Waals surface area (Å²) in [5.41, 5.74) is 3.88. The first-order chi connectivity index (χ1) is 19.2. The third-order valence-corrected chi connectivity index (χ3v) is 8.41. The molecule has 40 heavy (non-hydrogen) atoms. The van der Waals surface area contributed by atoms with Gasteiger partial charge in [0, 0.05) is 33.9 Å². The molecule has 2 aliphatic rings. The zero-order chi connectivity index (χ0) is 28.4. The number of hydrogen-bond acceptors (Lipinski definition) is 7. The summed E-state index contributed by atoms with van der Waals surface area (Å²) >= 11 is 12.9. The van der Waals surface area contributed by atoms with Gasteiger partial charge in [-0.2, -0.15) is 0 Å². The van der Waals surface area contributed by atoms with E-state index in [0.717, 1.165) is 12.8 Å². The van der Waals surface area contributed by atoms with E-state index in [4.69, 9.17) is 28.0 Å². The first kappa shape index (κ1) is 28.5. The third kappa shape index (κ3) is 5.86. The Bertz CT molecular complexity index is 1500. The first-order valence-electron chi connectivity index (χ1n) is 12.7. The number of aromatic amines is 1. The Morgan fingerprint density at radius 2 is 1.95 bits per heavy atom. The van der Waals surface area contributed by atoms with E-state index in [2.05, 4.69) is 24.9 Å². The number of H-pyrrole nitrogens is 1. The van der Waals surface area contributed by atoms with Gasteiger partial charge in [-0.15, -0.1) is 0 Å². The minimum Gasteiger partial charge on any atom is -0.326 e. The smallest absolute Gasteiger partial charge is 0.326 e. The van der Waals surface area contributed by atoms with Gasteiger partial charge in [0.2, 0.25) is 0 Å². The van der Waals surface area contributed by atoms with E-state index >= 15 is 0 Å². The first-order valence-corrected chi connectivity index (χ1v) is 15.0. The van der Waals surface area contributed by atoms with E-state index < -0.39 is 34.6 Å². The molecule has 3 N–H and O–H groups in total. The van der Waals surface area contributed by atoms with Crippen molar-refractivity contribution < 1.29 is 23.2 Å². The Hall–Kier alpha value is -3.03. The van der Waals surface area contributed by atoms with Gasteiger partial charge in [-0.05, 0) is 42.2 Å². The van der Waals surface area contributed by atoms with Crippen LogP contribution in [0, 0.1) is 0 Å². The number of nitrogens with one attached hydrogen (secondary N) is 3. The predicted octanol–water partition coefficient (Wildman–Crippen LogP) is 3.39. The molecule has 2 heterocycles. The second kappa shape index (κ2) is 12.2. The molecular weight excluding hydrogens is 581 g/mol. The number of halogens is 2. The van der Waals surface area contributed by atoms with E-state index in [-0.39, 0.29) is 30.4 Å². The molecule has 1 aliphatic carbocycles. The Kier molecular flexibility index (Phi) is 8.71. The van der Waals surface area contributed by atoms with Crippen molar-refractivity contribution in [2.75, 3.05) is 6.26 Å². The lowest BCUT2D eigenvalue weighted by Gasteiger charge is -2.49. The maximum Gasteiger partial charge on any atom is 0.438 e. The van der Waals surface area contributed by atoms with Gasteiger partial charge in [0.25, 0.3) is 11.8 Å². The highest BCUT2D eigenvalue weighted by Crippen LogP contribution is 2.47. The molecule has 2 aromatic carbocycles. The molecule has 1 saturated carbocycles. The van der Waals surface area contributed by atoms with Crippen LogP contribution in [0.5, 0.6) is 0 Å². The summed E-state index contributed by atoms with van der Waals surface area (Å²) < 4.78 is 19.8. The number of rotatable bonds is 8. The van der Waals surface area contributed by atoms with Crippen LogP contribution in [-0.4, -0.2) is 49.4 Å². The molecule has 1 aliphatic heterocycles. The van der Waals surface area contributed by atoms with Gasteiger partial charge in [0.15, 0.2) is 5.82 Å². The van der Waals surface area contributed by atoms with E-state index in [1.807, 2.05) is 0 Å². The van der Waals surface area contributed by atoms with Crippen molar-refractivity contribution in [1.29, 1.82) is 0 Å². The third-order valence-electron chi connectivity index (χ3n) is 7.21. The maximum absolute atomic E-state index is 14.2. The van der Waals surface area contributed by atoms with Gasteiger partial charge in [0.05, 0.1) is 22.9 Å². The quantitative estimate of drug-likeness (QED) is 0.332. The number of nitrogens with zero attached hydrogens (tertiary/aromatic N) is 2. The van der Waals surface area contributed by atoms with Gasteiger partial charge in [-0.3, -0.25) is 23.9 Å². The van der Waals surface area contributed by atoms with Crippen LogP contribution in [0.3, 0.4) is 0 Å². The van der Waals surface area contributed by atoms with Crippen molar-refractivity contribution in [3.8, 4) is 0 Å². The average molecular weight is 609 g/mol. The van der Waals surface area contributed by atoms with Crippen LogP contribution in [-0.2, 0) is 27.2 Å². The number of carbonyl (C=O) groups is 2. The molecule has 212 valence electrons. The fraction of sp³-hybridized carbons (Fsp3) is 0.385. The van der Waals surface area contributed by atoms with E-state index in [0.29, 0.717) is 39.6 Å². The summed E-state index contributed by atoms with van der Waals surface area (Å²) in [7, 11) is -1.32. The fourth-order valence-corrected chi connectivity index (χ4v) is 6.85. The number of carbonyl (C=O) groups excluding carboxylic acids is 2. The number of amides is 2. The molecule has 14 heteroatoms. The highest BCUT2D eigenvalue weighted by Gasteiger charge is 2.49. The SMILES string of the molecule is CS(=O)N[C@H]1CCCC[C@@H]1N1C(=O)c2ccccc2[C@@H](C(=O)NOCc2noc(=O)[nH]2)[C@@H]1c1ccc(Cl)cc1Cl. The van der Waals surface area contributed by atoms with Crippen LogP contribution in [0.1, 0.15) is 65.0 Å². The Morgan fingerprint density at radius 3 is 2.67 bits per heavy atom. The lowest BCUT2D eigenvalue weighted by molar-refractivity contribution is -0.138. The molecule has 3 aromatic rings. The van der Waals surface area contributed by atoms with E-state index in [1.165, 1.54) is 0 Å². The van der Waals surface area contributed by atoms with Crippen molar-refractivity contribution in [2.24, 2.45) is 0 Å². The highest BCUT2D eigenvalue weighted by atomic mass is 35.5. The fourth-order valence-electron chi connectivity index (χ4n) is 5.63. The minimum atomic E-state index is -1.32. The standard InChI is InChI=1S/C26H27Cl2N5O6S/c1-40(37)32-19-8-4-5-9-20(19)33-23(17-11-10-14(27)12-18(17)28)22(15-6-2-3-7-16(15)25(33)35)24(34)31-38-13-21-29-26(36)39-30-21/h2-3,6-7,10-12,19-20,22-23,32H,4-5,8-9,13H2,1H3,(H,31,34)(H,29,30,36)/t19-,20-,22+,23-,40?/m0/s1. The zero-order valence-corrected chi connectivity index (χ0v) is 23.7. The van der Waals surface area contributed by atoms with Crippen LogP contribution in [0.15, 0.2) is 51.8 Å². The lowest BCUT2D eigenvalue weighted by atomic mass is 9.76. The second-order valence-corrected chi connectivity index (χ2v) is 11.7. The van der Waals surface area contributed by atoms with Crippen molar-refractivity contribution in [2.45, 2.75) is 56.3 Å². The molecule has 11 nitrogen and oxygen atoms in total. The molecule has 1 unspecified atom stereocenters. The summed E-state index contributed by atoms with van der Waals surface area (Å²) in [6.45, 7) is -0.252. The zero-order valence-electron chi connectivity index (χ0n) is 21.4. The highest BCUT2D eigenvalue weighted by molar-refractivity contribution is 7.82. The molecule has 0 saturated heterocycles. The number of fused-ring (bicyclic) bond motifs is 1. The molecular formula is C26H27Cl2N5O6S. The number of hydroxylamine groups is 1. The molecule has 5 rings (SSSR count). The van der Waals surface area contributed by atoms with E-state index in [1.54, 1.807) is 53.6 Å². The van der Waals surface area contributed by atoms with Gasteiger partial charge in [-0.1, -0.05) is 65.5 Å². The van der Waals surface area contributed by atoms with Gasteiger partial charge < -0.3 is 4.90 Å². The molecule has 0 bridgehead atoms. The minimum absolute atomic E-state index is 0.0899. The van der Waals surface area contributed by atoms with Crippen LogP contribution >= 0.6 is 23.2 Å². The molecule has 5 atom stereocenters. The van der Waals surface area contributed by atoms with Crippen molar-refractivity contribution in [3.63, 3.8) is 0 Å². The van der Waals surface area contributed by atoms with Crippen molar-refractivity contribution in [1.82, 2.24) is 25.2 Å². The van der Waals surface area contributed by atoms with Crippen LogP contribution in [0.25, 0.3) is 0 Å². The summed E-state index contributed by atoms with van der Waals surface area (Å²) in [6, 6.07) is 10.4. The second-order valence-electron chi connectivity index (χ2n) is 9.72. The van der Waals surface area contributed by atoms with Gasteiger partial charge >= 0.3 is 5.76 Å². The Labute approximate surface area is 242 Å². The van der Waals surface area contributed by atoms with Crippen LogP contribution in [0.2, 0.25) is 10.0 Å². The molecule has 1 fully saturated rings. The molecule has 1 aromatic heterocycles. The normalized spacial score (nSPS) is 23.5. The van der Waals surface area contributed by atoms with Gasteiger partial charge in [-0.25, -0.2) is 19.2 Å². The van der Waals surface area contributed by atoms with Crippen molar-refractivity contribution in [3.05, 3.63) is 85.6 Å². The summed E-state index contributed by atoms with van der Waals surface area (Å²) in [5.74, 6) is -2.38. The molecule has 0 spiro atoms. The Morgan fingerprint density at radius 1 is 1.18 bits per heavy atom. The summed E-state index contributed by atoms with van der Waals surface area (Å²) in [6.07, 6.45) is 4.70. The largest absolute Gasteiger partial charge is 0.438 e. The Balaban J connectivity index is 1.59.